The van der Waals surface area contributed by atoms with Gasteiger partial charge in [-0.3, -0.25) is 0 Å². The van der Waals surface area contributed by atoms with Crippen molar-refractivity contribution in [1.82, 2.24) is 10.6 Å². The Hall–Kier alpha value is -2.04. The third kappa shape index (κ3) is 3.74. The first-order valence-electron chi connectivity index (χ1n) is 7.38. The molecule has 0 aromatic heterocycles. The topological polar surface area (TPSA) is 78.4 Å². The molecule has 0 spiro atoms. The summed E-state index contributed by atoms with van der Waals surface area (Å²) >= 11 is 0. The number of hydrogen-bond donors (Lipinski definition) is 3. The maximum Gasteiger partial charge on any atom is 0.330 e. The normalized spacial score (nSPS) is 17.4. The minimum Gasteiger partial charge on any atom is -0.479 e. The van der Waals surface area contributed by atoms with Crippen LogP contribution in [0.4, 0.5) is 4.79 Å². The van der Waals surface area contributed by atoms with Gasteiger partial charge in [0.1, 0.15) is 0 Å². The van der Waals surface area contributed by atoms with Crippen LogP contribution in [0.1, 0.15) is 44.2 Å². The quantitative estimate of drug-likeness (QED) is 0.753. The van der Waals surface area contributed by atoms with Crippen LogP contribution in [0.2, 0.25) is 0 Å². The van der Waals surface area contributed by atoms with Crippen molar-refractivity contribution in [3.8, 4) is 0 Å². The van der Waals surface area contributed by atoms with E-state index in [-0.39, 0.29) is 5.41 Å². The molecule has 0 saturated heterocycles. The maximum atomic E-state index is 11.9. The van der Waals surface area contributed by atoms with Gasteiger partial charge in [0.15, 0.2) is 6.04 Å². The van der Waals surface area contributed by atoms with E-state index in [2.05, 4.69) is 17.6 Å². The van der Waals surface area contributed by atoms with Crippen molar-refractivity contribution in [1.29, 1.82) is 0 Å². The second-order valence-electron chi connectivity index (χ2n) is 5.72. The van der Waals surface area contributed by atoms with Gasteiger partial charge in [-0.2, -0.15) is 0 Å². The molecule has 0 aliphatic heterocycles. The summed E-state index contributed by atoms with van der Waals surface area (Å²) in [4.78, 5) is 23.3. The Morgan fingerprint density at radius 1 is 1.29 bits per heavy atom. The Bertz CT molecular complexity index is 492. The van der Waals surface area contributed by atoms with E-state index in [9.17, 15) is 14.7 Å². The smallest absolute Gasteiger partial charge is 0.330 e. The molecule has 1 aromatic rings. The zero-order valence-corrected chi connectivity index (χ0v) is 12.3. The lowest BCUT2D eigenvalue weighted by molar-refractivity contribution is -0.139. The van der Waals surface area contributed by atoms with Gasteiger partial charge >= 0.3 is 12.0 Å². The van der Waals surface area contributed by atoms with E-state index in [0.717, 1.165) is 19.3 Å². The molecule has 1 fully saturated rings. The van der Waals surface area contributed by atoms with Crippen molar-refractivity contribution in [3.05, 3.63) is 35.9 Å². The Balaban J connectivity index is 1.91. The van der Waals surface area contributed by atoms with E-state index >= 15 is 0 Å². The molecule has 0 bridgehead atoms. The number of nitrogens with one attached hydrogen (secondary N) is 2. The van der Waals surface area contributed by atoms with Crippen LogP contribution in [-0.4, -0.2) is 23.7 Å². The molecule has 3 N–H and O–H groups in total. The van der Waals surface area contributed by atoms with Crippen LogP contribution in [0, 0.1) is 5.41 Å². The summed E-state index contributed by atoms with van der Waals surface area (Å²) in [5, 5.41) is 14.6. The predicted molar refractivity (Wildman–Crippen MR) is 79.9 cm³/mol. The van der Waals surface area contributed by atoms with Gasteiger partial charge in [0.25, 0.3) is 0 Å². The number of carbonyl (C=O) groups excluding carboxylic acids is 1. The molecule has 1 saturated carbocycles. The number of amides is 2. The maximum absolute atomic E-state index is 11.9. The second kappa shape index (κ2) is 6.61. The van der Waals surface area contributed by atoms with Gasteiger partial charge in [-0.25, -0.2) is 9.59 Å². The lowest BCUT2D eigenvalue weighted by Gasteiger charge is -2.41. The van der Waals surface area contributed by atoms with Gasteiger partial charge in [-0.15, -0.1) is 0 Å². The van der Waals surface area contributed by atoms with Crippen molar-refractivity contribution in [2.45, 2.75) is 38.6 Å². The van der Waals surface area contributed by atoms with Crippen molar-refractivity contribution in [2.24, 2.45) is 5.41 Å². The van der Waals surface area contributed by atoms with Crippen LogP contribution in [0.3, 0.4) is 0 Å². The summed E-state index contributed by atoms with van der Waals surface area (Å²) < 4.78 is 0. The Kier molecular flexibility index (Phi) is 4.83. The van der Waals surface area contributed by atoms with E-state index in [0.29, 0.717) is 12.1 Å². The van der Waals surface area contributed by atoms with Crippen LogP contribution in [0.25, 0.3) is 0 Å². The van der Waals surface area contributed by atoms with Gasteiger partial charge in [-0.1, -0.05) is 43.7 Å². The second-order valence-corrected chi connectivity index (χ2v) is 5.72. The predicted octanol–water partition coefficient (Wildman–Crippen LogP) is 2.69. The largest absolute Gasteiger partial charge is 0.479 e. The number of rotatable bonds is 6. The molecule has 2 amide bonds. The lowest BCUT2D eigenvalue weighted by atomic mass is 9.67. The Morgan fingerprint density at radius 2 is 1.95 bits per heavy atom. The molecule has 114 valence electrons. The fraction of sp³-hybridized carbons (Fsp3) is 0.500. The van der Waals surface area contributed by atoms with E-state index < -0.39 is 18.0 Å². The molecule has 1 atom stereocenters. The Morgan fingerprint density at radius 3 is 2.43 bits per heavy atom. The Labute approximate surface area is 124 Å². The summed E-state index contributed by atoms with van der Waals surface area (Å²) in [6.45, 7) is 2.74. The first-order valence-corrected chi connectivity index (χ1v) is 7.38. The molecule has 0 heterocycles. The van der Waals surface area contributed by atoms with Gasteiger partial charge in [0.05, 0.1) is 0 Å². The third-order valence-corrected chi connectivity index (χ3v) is 4.44. The summed E-state index contributed by atoms with van der Waals surface area (Å²) in [6, 6.07) is 7.26. The van der Waals surface area contributed by atoms with E-state index in [1.807, 2.05) is 6.07 Å². The highest BCUT2D eigenvalue weighted by Crippen LogP contribution is 2.42. The fourth-order valence-corrected chi connectivity index (χ4v) is 2.72. The number of urea groups is 1. The van der Waals surface area contributed by atoms with Crippen LogP contribution >= 0.6 is 0 Å². The highest BCUT2D eigenvalue weighted by Gasteiger charge is 2.35. The molecule has 5 heteroatoms. The van der Waals surface area contributed by atoms with Crippen molar-refractivity contribution >= 4 is 12.0 Å². The molecule has 1 aliphatic rings. The molecule has 5 nitrogen and oxygen atoms in total. The van der Waals surface area contributed by atoms with Gasteiger partial charge in [-0.05, 0) is 30.2 Å². The molecule has 0 radical (unpaired) electrons. The van der Waals surface area contributed by atoms with E-state index in [1.54, 1.807) is 24.3 Å². The van der Waals surface area contributed by atoms with E-state index in [4.69, 9.17) is 0 Å². The zero-order chi connectivity index (χ0) is 15.3. The molecule has 1 unspecified atom stereocenters. The zero-order valence-electron chi connectivity index (χ0n) is 12.3. The standard InChI is InChI=1S/C16H22N2O3/c1-2-16(9-6-10-16)11-17-15(21)18-13(14(19)20)12-7-4-3-5-8-12/h3-5,7-8,13H,2,6,9-11H2,1H3,(H,19,20)(H2,17,18,21). The fourth-order valence-electron chi connectivity index (χ4n) is 2.72. The van der Waals surface area contributed by atoms with Gasteiger partial charge < -0.3 is 15.7 Å². The first-order chi connectivity index (χ1) is 10.1. The highest BCUT2D eigenvalue weighted by molar-refractivity contribution is 5.83. The summed E-state index contributed by atoms with van der Waals surface area (Å²) in [5.41, 5.74) is 0.775. The molecular weight excluding hydrogens is 268 g/mol. The first kappa shape index (κ1) is 15.4. The average Bonchev–Trinajstić information content (AvgIpc) is 2.44. The minimum atomic E-state index is -1.06. The highest BCUT2D eigenvalue weighted by atomic mass is 16.4. The van der Waals surface area contributed by atoms with Gasteiger partial charge in [0.2, 0.25) is 0 Å². The number of carbonyl (C=O) groups is 2. The van der Waals surface area contributed by atoms with Crippen molar-refractivity contribution < 1.29 is 14.7 Å². The van der Waals surface area contributed by atoms with Crippen LogP contribution in [0.15, 0.2) is 30.3 Å². The van der Waals surface area contributed by atoms with Crippen LogP contribution < -0.4 is 10.6 Å². The monoisotopic (exact) mass is 290 g/mol. The van der Waals surface area contributed by atoms with E-state index in [1.165, 1.54) is 6.42 Å². The number of aliphatic carboxylic acids is 1. The third-order valence-electron chi connectivity index (χ3n) is 4.44. The number of benzene rings is 1. The SMILES string of the molecule is CCC1(CNC(=O)NC(C(=O)O)c2ccccc2)CCC1. The molecule has 1 aromatic carbocycles. The summed E-state index contributed by atoms with van der Waals surface area (Å²) in [7, 11) is 0. The molecular formula is C16H22N2O3. The number of carboxylic acid groups (broad SMARTS) is 1. The summed E-state index contributed by atoms with van der Waals surface area (Å²) in [6.07, 6.45) is 4.50. The molecule has 1 aliphatic carbocycles. The average molecular weight is 290 g/mol. The molecule has 21 heavy (non-hydrogen) atoms. The van der Waals surface area contributed by atoms with Crippen molar-refractivity contribution in [2.75, 3.05) is 6.54 Å². The molecule has 2 rings (SSSR count). The summed E-state index contributed by atoms with van der Waals surface area (Å²) in [5.74, 6) is -1.06. The van der Waals surface area contributed by atoms with Crippen molar-refractivity contribution in [3.63, 3.8) is 0 Å². The lowest BCUT2D eigenvalue weighted by Crippen LogP contribution is -2.47. The number of carboxylic acids is 1. The van der Waals surface area contributed by atoms with Crippen LogP contribution in [0.5, 0.6) is 0 Å². The van der Waals surface area contributed by atoms with Crippen LogP contribution in [-0.2, 0) is 4.79 Å². The number of hydrogen-bond acceptors (Lipinski definition) is 2. The minimum absolute atomic E-state index is 0.211. The van der Waals surface area contributed by atoms with Gasteiger partial charge in [0, 0.05) is 6.54 Å².